The summed E-state index contributed by atoms with van der Waals surface area (Å²) in [6.07, 6.45) is 0.967. The monoisotopic (exact) mass is 466 g/mol. The highest BCUT2D eigenvalue weighted by molar-refractivity contribution is 5.95. The molecule has 0 saturated carbocycles. The lowest BCUT2D eigenvalue weighted by molar-refractivity contribution is 0.0537. The van der Waals surface area contributed by atoms with Gasteiger partial charge in [0, 0.05) is 37.4 Å². The molecule has 1 amide bonds. The van der Waals surface area contributed by atoms with E-state index >= 15 is 0 Å². The Labute approximate surface area is 201 Å². The highest BCUT2D eigenvalue weighted by atomic mass is 16.6. The van der Waals surface area contributed by atoms with Crippen LogP contribution in [0.4, 0.5) is 23.3 Å². The first-order chi connectivity index (χ1) is 16.1. The summed E-state index contributed by atoms with van der Waals surface area (Å²) in [6.45, 7) is 10.8. The molecule has 3 rings (SSSR count). The molecule has 0 spiro atoms. The third-order valence-electron chi connectivity index (χ3n) is 5.42. The van der Waals surface area contributed by atoms with Crippen molar-refractivity contribution >= 4 is 29.2 Å². The van der Waals surface area contributed by atoms with Crippen LogP contribution in [0.3, 0.4) is 0 Å². The number of anilines is 4. The second-order valence-electron chi connectivity index (χ2n) is 9.75. The van der Waals surface area contributed by atoms with E-state index in [0.29, 0.717) is 40.9 Å². The molecule has 2 heterocycles. The van der Waals surface area contributed by atoms with Gasteiger partial charge in [-0.2, -0.15) is 15.2 Å². The van der Waals surface area contributed by atoms with Gasteiger partial charge in [0.1, 0.15) is 11.6 Å². The van der Waals surface area contributed by atoms with Crippen molar-refractivity contribution in [2.75, 3.05) is 49.3 Å². The van der Waals surface area contributed by atoms with E-state index in [9.17, 15) is 10.1 Å². The quantitative estimate of drug-likeness (QED) is 0.434. The Balaban J connectivity index is 2.04. The van der Waals surface area contributed by atoms with Gasteiger partial charge in [-0.05, 0) is 43.0 Å². The first-order valence-corrected chi connectivity index (χ1v) is 11.3. The number of nitriles is 1. The average Bonchev–Trinajstić information content (AvgIpc) is 3.27. The summed E-state index contributed by atoms with van der Waals surface area (Å²) in [5.41, 5.74) is 4.65. The standard InChI is InChI=1S/C24H34N8O2/c1-15-7-8-16(22(33)31-34-6)11-19(15)28-20-18(12-25)21(32(5)14-24(2,3)4)30-23(29-20)27-17-9-10-26-13-17/h7-8,11,17,26H,9-10,13-14H2,1-6H3,(H,31,33)(H2,27,28,29,30). The molecule has 0 aliphatic carbocycles. The first kappa shape index (κ1) is 25.2. The van der Waals surface area contributed by atoms with Crippen LogP contribution in [-0.4, -0.2) is 55.7 Å². The minimum Gasteiger partial charge on any atom is -0.358 e. The van der Waals surface area contributed by atoms with Crippen LogP contribution in [0.5, 0.6) is 0 Å². The van der Waals surface area contributed by atoms with Crippen molar-refractivity contribution in [2.24, 2.45) is 5.41 Å². The van der Waals surface area contributed by atoms with Crippen LogP contribution in [0.15, 0.2) is 18.2 Å². The summed E-state index contributed by atoms with van der Waals surface area (Å²) in [4.78, 5) is 28.3. The number of rotatable bonds is 8. The zero-order valence-corrected chi connectivity index (χ0v) is 20.7. The largest absolute Gasteiger partial charge is 0.358 e. The molecule has 1 atom stereocenters. The molecule has 0 bridgehead atoms. The van der Waals surface area contributed by atoms with E-state index in [1.54, 1.807) is 12.1 Å². The van der Waals surface area contributed by atoms with Crippen molar-refractivity contribution in [3.8, 4) is 6.07 Å². The predicted molar refractivity (Wildman–Crippen MR) is 133 cm³/mol. The molecule has 1 aliphatic heterocycles. The summed E-state index contributed by atoms with van der Waals surface area (Å²) in [5.74, 6) is 1.02. The lowest BCUT2D eigenvalue weighted by Gasteiger charge is -2.29. The number of nitrogens with one attached hydrogen (secondary N) is 4. The van der Waals surface area contributed by atoms with Crippen LogP contribution in [0, 0.1) is 23.7 Å². The van der Waals surface area contributed by atoms with E-state index in [4.69, 9.17) is 9.82 Å². The summed E-state index contributed by atoms with van der Waals surface area (Å²) < 4.78 is 0. The summed E-state index contributed by atoms with van der Waals surface area (Å²) in [7, 11) is 3.31. The Kier molecular flexibility index (Phi) is 7.91. The topological polar surface area (TPSA) is 127 Å². The zero-order chi connectivity index (χ0) is 24.9. The van der Waals surface area contributed by atoms with Gasteiger partial charge >= 0.3 is 0 Å². The van der Waals surface area contributed by atoms with Gasteiger partial charge in [-0.3, -0.25) is 9.63 Å². The van der Waals surface area contributed by atoms with E-state index in [1.807, 2.05) is 24.9 Å². The molecule has 10 heteroatoms. The van der Waals surface area contributed by atoms with Crippen LogP contribution >= 0.6 is 0 Å². The Morgan fingerprint density at radius 3 is 2.74 bits per heavy atom. The molecule has 4 N–H and O–H groups in total. The van der Waals surface area contributed by atoms with Crippen LogP contribution in [0.1, 0.15) is 48.7 Å². The molecule has 10 nitrogen and oxygen atoms in total. The molecule has 0 radical (unpaired) electrons. The lowest BCUT2D eigenvalue weighted by Crippen LogP contribution is -2.31. The molecule has 182 valence electrons. The Hall–Kier alpha value is -3.42. The van der Waals surface area contributed by atoms with Crippen molar-refractivity contribution in [3.05, 3.63) is 34.9 Å². The van der Waals surface area contributed by atoms with Crippen LogP contribution in [0.2, 0.25) is 0 Å². The number of carbonyl (C=O) groups excluding carboxylic acids is 1. The maximum absolute atomic E-state index is 12.2. The molecule has 1 aromatic heterocycles. The predicted octanol–water partition coefficient (Wildman–Crippen LogP) is 2.95. The van der Waals surface area contributed by atoms with Gasteiger partial charge in [0.25, 0.3) is 5.91 Å². The van der Waals surface area contributed by atoms with Gasteiger partial charge in [0.2, 0.25) is 5.95 Å². The van der Waals surface area contributed by atoms with Gasteiger partial charge in [-0.15, -0.1) is 0 Å². The molecule has 34 heavy (non-hydrogen) atoms. The van der Waals surface area contributed by atoms with Gasteiger partial charge in [-0.25, -0.2) is 5.48 Å². The molecule has 1 aromatic carbocycles. The van der Waals surface area contributed by atoms with E-state index in [-0.39, 0.29) is 17.4 Å². The van der Waals surface area contributed by atoms with E-state index in [0.717, 1.165) is 25.1 Å². The highest BCUT2D eigenvalue weighted by Crippen LogP contribution is 2.31. The Bertz CT molecular complexity index is 1070. The Morgan fingerprint density at radius 1 is 1.35 bits per heavy atom. The molecule has 1 saturated heterocycles. The third-order valence-corrected chi connectivity index (χ3v) is 5.42. The smallest absolute Gasteiger partial charge is 0.274 e. The summed E-state index contributed by atoms with van der Waals surface area (Å²) >= 11 is 0. The second kappa shape index (κ2) is 10.7. The highest BCUT2D eigenvalue weighted by Gasteiger charge is 2.24. The fraction of sp³-hybridized carbons (Fsp3) is 0.500. The molecule has 1 unspecified atom stereocenters. The molecule has 1 fully saturated rings. The number of hydrogen-bond donors (Lipinski definition) is 4. The van der Waals surface area contributed by atoms with Crippen molar-refractivity contribution in [2.45, 2.75) is 40.2 Å². The maximum atomic E-state index is 12.2. The fourth-order valence-electron chi connectivity index (χ4n) is 3.91. The van der Waals surface area contributed by atoms with Crippen LogP contribution < -0.4 is 26.3 Å². The van der Waals surface area contributed by atoms with Crippen LogP contribution in [0.25, 0.3) is 0 Å². The minimum atomic E-state index is -0.365. The second-order valence-corrected chi connectivity index (χ2v) is 9.75. The number of hydrogen-bond acceptors (Lipinski definition) is 9. The van der Waals surface area contributed by atoms with E-state index < -0.39 is 0 Å². The van der Waals surface area contributed by atoms with Gasteiger partial charge in [0.05, 0.1) is 7.11 Å². The number of benzene rings is 1. The number of amides is 1. The molecular formula is C24H34N8O2. The number of carbonyl (C=O) groups is 1. The number of aryl methyl sites for hydroxylation is 1. The lowest BCUT2D eigenvalue weighted by atomic mass is 9.96. The Morgan fingerprint density at radius 2 is 2.12 bits per heavy atom. The molecular weight excluding hydrogens is 432 g/mol. The first-order valence-electron chi connectivity index (χ1n) is 11.3. The third kappa shape index (κ3) is 6.34. The van der Waals surface area contributed by atoms with Gasteiger partial charge in [0.15, 0.2) is 11.6 Å². The minimum absolute atomic E-state index is 0.00259. The van der Waals surface area contributed by atoms with Crippen molar-refractivity contribution in [1.82, 2.24) is 20.8 Å². The zero-order valence-electron chi connectivity index (χ0n) is 20.7. The molecule has 2 aromatic rings. The van der Waals surface area contributed by atoms with E-state index in [2.05, 4.69) is 53.3 Å². The van der Waals surface area contributed by atoms with E-state index in [1.165, 1.54) is 7.11 Å². The SMILES string of the molecule is CONC(=O)c1ccc(C)c(Nc2nc(NC3CCNC3)nc(N(C)CC(C)(C)C)c2C#N)c1. The van der Waals surface area contributed by atoms with Gasteiger partial charge in [-0.1, -0.05) is 26.8 Å². The summed E-state index contributed by atoms with van der Waals surface area (Å²) in [6, 6.07) is 7.74. The van der Waals surface area contributed by atoms with Crippen molar-refractivity contribution in [1.29, 1.82) is 5.26 Å². The number of hydroxylamine groups is 1. The fourth-order valence-corrected chi connectivity index (χ4v) is 3.91. The van der Waals surface area contributed by atoms with Gasteiger partial charge < -0.3 is 20.9 Å². The molecule has 1 aliphatic rings. The van der Waals surface area contributed by atoms with Crippen molar-refractivity contribution in [3.63, 3.8) is 0 Å². The normalized spacial score (nSPS) is 15.5. The average molecular weight is 467 g/mol. The number of nitrogens with zero attached hydrogens (tertiary/aromatic N) is 4. The number of aromatic nitrogens is 2. The maximum Gasteiger partial charge on any atom is 0.274 e. The van der Waals surface area contributed by atoms with Crippen molar-refractivity contribution < 1.29 is 9.63 Å². The summed E-state index contributed by atoms with van der Waals surface area (Å²) in [5, 5.41) is 20.1. The van der Waals surface area contributed by atoms with Crippen LogP contribution in [-0.2, 0) is 4.84 Å².